The van der Waals surface area contributed by atoms with Crippen LogP contribution in [-0.2, 0) is 0 Å². The lowest BCUT2D eigenvalue weighted by Gasteiger charge is -2.12. The van der Waals surface area contributed by atoms with Crippen molar-refractivity contribution < 1.29 is 0 Å². The SMILES string of the molecule is Cc1cnc(-c2ccc(N(C)C)cc2)nc1N. The number of aryl methyl sites for hydroxylation is 1. The van der Waals surface area contributed by atoms with Gasteiger partial charge in [-0.1, -0.05) is 0 Å². The van der Waals surface area contributed by atoms with Crippen LogP contribution < -0.4 is 10.6 Å². The zero-order chi connectivity index (χ0) is 12.4. The van der Waals surface area contributed by atoms with E-state index in [0.717, 1.165) is 16.8 Å². The molecule has 1 aromatic carbocycles. The Morgan fingerprint density at radius 2 is 1.76 bits per heavy atom. The average molecular weight is 228 g/mol. The predicted octanol–water partition coefficient (Wildman–Crippen LogP) is 2.10. The van der Waals surface area contributed by atoms with Gasteiger partial charge in [0, 0.05) is 37.1 Å². The van der Waals surface area contributed by atoms with E-state index < -0.39 is 0 Å². The Balaban J connectivity index is 2.36. The van der Waals surface area contributed by atoms with Crippen LogP contribution in [0.15, 0.2) is 30.5 Å². The van der Waals surface area contributed by atoms with Gasteiger partial charge in [0.15, 0.2) is 5.82 Å². The molecule has 4 nitrogen and oxygen atoms in total. The Morgan fingerprint density at radius 1 is 1.12 bits per heavy atom. The van der Waals surface area contributed by atoms with Gasteiger partial charge in [-0.2, -0.15) is 0 Å². The molecule has 2 rings (SSSR count). The molecule has 0 aliphatic carbocycles. The third-order valence-corrected chi connectivity index (χ3v) is 2.65. The zero-order valence-corrected chi connectivity index (χ0v) is 10.3. The summed E-state index contributed by atoms with van der Waals surface area (Å²) in [5.41, 5.74) is 8.80. The van der Waals surface area contributed by atoms with Crippen LogP contribution >= 0.6 is 0 Å². The number of benzene rings is 1. The van der Waals surface area contributed by atoms with Crippen molar-refractivity contribution in [1.82, 2.24) is 9.97 Å². The molecule has 0 bridgehead atoms. The summed E-state index contributed by atoms with van der Waals surface area (Å²) >= 11 is 0. The Kier molecular flexibility index (Phi) is 2.95. The number of nitrogens with two attached hydrogens (primary N) is 1. The van der Waals surface area contributed by atoms with Gasteiger partial charge in [0.2, 0.25) is 0 Å². The number of hydrogen-bond donors (Lipinski definition) is 1. The van der Waals surface area contributed by atoms with Gasteiger partial charge in [0.25, 0.3) is 0 Å². The maximum absolute atomic E-state index is 5.78. The van der Waals surface area contributed by atoms with Crippen LogP contribution in [0.1, 0.15) is 5.56 Å². The summed E-state index contributed by atoms with van der Waals surface area (Å²) in [4.78, 5) is 10.6. The molecule has 0 amide bonds. The number of aromatic nitrogens is 2. The van der Waals surface area contributed by atoms with Crippen molar-refractivity contribution in [3.63, 3.8) is 0 Å². The molecule has 0 unspecified atom stereocenters. The highest BCUT2D eigenvalue weighted by atomic mass is 15.1. The summed E-state index contributed by atoms with van der Waals surface area (Å²) in [6.45, 7) is 1.90. The Bertz CT molecular complexity index is 517. The van der Waals surface area contributed by atoms with E-state index >= 15 is 0 Å². The molecule has 0 radical (unpaired) electrons. The van der Waals surface area contributed by atoms with Gasteiger partial charge in [0.1, 0.15) is 5.82 Å². The zero-order valence-electron chi connectivity index (χ0n) is 10.3. The molecule has 17 heavy (non-hydrogen) atoms. The van der Waals surface area contributed by atoms with Crippen LogP contribution in [0.3, 0.4) is 0 Å². The molecule has 0 spiro atoms. The van der Waals surface area contributed by atoms with Crippen LogP contribution in [0, 0.1) is 6.92 Å². The second-order valence-corrected chi connectivity index (χ2v) is 4.20. The number of nitrogen functional groups attached to an aromatic ring is 1. The molecule has 1 heterocycles. The fraction of sp³-hybridized carbons (Fsp3) is 0.231. The molecule has 88 valence electrons. The number of anilines is 2. The van der Waals surface area contributed by atoms with Crippen molar-refractivity contribution in [2.75, 3.05) is 24.7 Å². The molecule has 0 aliphatic rings. The van der Waals surface area contributed by atoms with Gasteiger partial charge in [-0.05, 0) is 31.2 Å². The van der Waals surface area contributed by atoms with Crippen LogP contribution in [-0.4, -0.2) is 24.1 Å². The van der Waals surface area contributed by atoms with Gasteiger partial charge in [-0.25, -0.2) is 9.97 Å². The average Bonchev–Trinajstić information content (AvgIpc) is 2.33. The minimum atomic E-state index is 0.534. The lowest BCUT2D eigenvalue weighted by atomic mass is 10.2. The fourth-order valence-corrected chi connectivity index (χ4v) is 1.50. The number of rotatable bonds is 2. The summed E-state index contributed by atoms with van der Waals surface area (Å²) in [5.74, 6) is 1.20. The topological polar surface area (TPSA) is 55.0 Å². The summed E-state index contributed by atoms with van der Waals surface area (Å²) in [7, 11) is 4.02. The van der Waals surface area contributed by atoms with Gasteiger partial charge in [0.05, 0.1) is 0 Å². The number of hydrogen-bond acceptors (Lipinski definition) is 4. The maximum atomic E-state index is 5.78. The van der Waals surface area contributed by atoms with Crippen molar-refractivity contribution in [2.45, 2.75) is 6.92 Å². The van der Waals surface area contributed by atoms with Crippen molar-refractivity contribution in [3.8, 4) is 11.4 Å². The monoisotopic (exact) mass is 228 g/mol. The molecule has 0 aliphatic heterocycles. The van der Waals surface area contributed by atoms with E-state index in [0.29, 0.717) is 11.6 Å². The standard InChI is InChI=1S/C13H16N4/c1-9-8-15-13(16-12(9)14)10-4-6-11(7-5-10)17(2)3/h4-8H,1-3H3,(H2,14,15,16). The highest BCUT2D eigenvalue weighted by Gasteiger charge is 2.04. The first kappa shape index (κ1) is 11.4. The first-order valence-electron chi connectivity index (χ1n) is 5.45. The predicted molar refractivity (Wildman–Crippen MR) is 70.9 cm³/mol. The highest BCUT2D eigenvalue weighted by molar-refractivity contribution is 5.61. The lowest BCUT2D eigenvalue weighted by Crippen LogP contribution is -2.08. The summed E-state index contributed by atoms with van der Waals surface area (Å²) in [5, 5.41) is 0. The maximum Gasteiger partial charge on any atom is 0.161 e. The third kappa shape index (κ3) is 2.36. The van der Waals surface area contributed by atoms with Crippen molar-refractivity contribution in [2.24, 2.45) is 0 Å². The molecule has 2 aromatic rings. The summed E-state index contributed by atoms with van der Waals surface area (Å²) in [6.07, 6.45) is 1.75. The largest absolute Gasteiger partial charge is 0.383 e. The first-order valence-corrected chi connectivity index (χ1v) is 5.45. The molecular weight excluding hydrogens is 212 g/mol. The lowest BCUT2D eigenvalue weighted by molar-refractivity contribution is 1.12. The molecule has 1 aromatic heterocycles. The Labute approximate surface area is 101 Å². The summed E-state index contributed by atoms with van der Waals surface area (Å²) < 4.78 is 0. The Morgan fingerprint density at radius 3 is 2.29 bits per heavy atom. The van der Waals surface area contributed by atoms with E-state index in [-0.39, 0.29) is 0 Å². The highest BCUT2D eigenvalue weighted by Crippen LogP contribution is 2.20. The van der Waals surface area contributed by atoms with Crippen molar-refractivity contribution in [3.05, 3.63) is 36.0 Å². The van der Waals surface area contributed by atoms with Crippen LogP contribution in [0.5, 0.6) is 0 Å². The molecule has 0 saturated carbocycles. The number of nitrogens with zero attached hydrogens (tertiary/aromatic N) is 3. The molecule has 0 fully saturated rings. The van der Waals surface area contributed by atoms with E-state index in [1.807, 2.05) is 50.2 Å². The molecular formula is C13H16N4. The van der Waals surface area contributed by atoms with E-state index in [9.17, 15) is 0 Å². The quantitative estimate of drug-likeness (QED) is 0.855. The van der Waals surface area contributed by atoms with E-state index in [1.54, 1.807) is 6.20 Å². The molecule has 0 saturated heterocycles. The van der Waals surface area contributed by atoms with Crippen molar-refractivity contribution in [1.29, 1.82) is 0 Å². The smallest absolute Gasteiger partial charge is 0.161 e. The second kappa shape index (κ2) is 4.41. The fourth-order valence-electron chi connectivity index (χ4n) is 1.50. The second-order valence-electron chi connectivity index (χ2n) is 4.20. The molecule has 4 heteroatoms. The van der Waals surface area contributed by atoms with Crippen LogP contribution in [0.25, 0.3) is 11.4 Å². The van der Waals surface area contributed by atoms with Gasteiger partial charge >= 0.3 is 0 Å². The van der Waals surface area contributed by atoms with E-state index in [4.69, 9.17) is 5.73 Å². The minimum Gasteiger partial charge on any atom is -0.383 e. The molecule has 0 atom stereocenters. The van der Waals surface area contributed by atoms with E-state index in [2.05, 4.69) is 9.97 Å². The normalized spacial score (nSPS) is 10.3. The van der Waals surface area contributed by atoms with Crippen LogP contribution in [0.4, 0.5) is 11.5 Å². The Hall–Kier alpha value is -2.10. The summed E-state index contributed by atoms with van der Waals surface area (Å²) in [6, 6.07) is 8.07. The third-order valence-electron chi connectivity index (χ3n) is 2.65. The first-order chi connectivity index (χ1) is 8.08. The molecule has 2 N–H and O–H groups in total. The van der Waals surface area contributed by atoms with E-state index in [1.165, 1.54) is 0 Å². The van der Waals surface area contributed by atoms with Gasteiger partial charge in [-0.3, -0.25) is 0 Å². The minimum absolute atomic E-state index is 0.534. The van der Waals surface area contributed by atoms with Crippen molar-refractivity contribution >= 4 is 11.5 Å². The van der Waals surface area contributed by atoms with Gasteiger partial charge < -0.3 is 10.6 Å². The van der Waals surface area contributed by atoms with Crippen LogP contribution in [0.2, 0.25) is 0 Å². The van der Waals surface area contributed by atoms with Gasteiger partial charge in [-0.15, -0.1) is 0 Å².